The Balaban J connectivity index is 1.73. The molecule has 0 atom stereocenters. The Bertz CT molecular complexity index is 348. The molecule has 0 aliphatic carbocycles. The Labute approximate surface area is 88.6 Å². The molecule has 2 N–H and O–H groups in total. The molecule has 1 aromatic rings. The van der Waals surface area contributed by atoms with Gasteiger partial charge in [-0.15, -0.1) is 0 Å². The summed E-state index contributed by atoms with van der Waals surface area (Å²) in [5.74, 6) is 1.01. The van der Waals surface area contributed by atoms with Gasteiger partial charge in [0.15, 0.2) is 0 Å². The van der Waals surface area contributed by atoms with Crippen LogP contribution in [0.5, 0.6) is 5.75 Å². The molecule has 0 aromatic heterocycles. The summed E-state index contributed by atoms with van der Waals surface area (Å²) >= 11 is 0. The van der Waals surface area contributed by atoms with Crippen LogP contribution in [0.15, 0.2) is 24.3 Å². The van der Waals surface area contributed by atoms with Gasteiger partial charge in [-0.1, -0.05) is 0 Å². The Morgan fingerprint density at radius 3 is 2.60 bits per heavy atom. The molecule has 1 fully saturated rings. The van der Waals surface area contributed by atoms with E-state index in [9.17, 15) is 4.79 Å². The monoisotopic (exact) mass is 206 g/mol. The lowest BCUT2D eigenvalue weighted by Crippen LogP contribution is -2.45. The number of hydrogen-bond donors (Lipinski definition) is 1. The summed E-state index contributed by atoms with van der Waals surface area (Å²) in [7, 11) is 0. The lowest BCUT2D eigenvalue weighted by atomic mass is 10.2. The lowest BCUT2D eigenvalue weighted by molar-refractivity contribution is -0.140. The van der Waals surface area contributed by atoms with Gasteiger partial charge in [0.1, 0.15) is 12.4 Å². The average molecular weight is 206 g/mol. The number of β-lactam (4-membered cyclic amide) rings is 1. The van der Waals surface area contributed by atoms with Crippen LogP contribution in [0.1, 0.15) is 6.42 Å². The fraction of sp³-hybridized carbons (Fsp3) is 0.364. The van der Waals surface area contributed by atoms with E-state index in [1.807, 2.05) is 12.1 Å². The minimum absolute atomic E-state index is 0.218. The molecular formula is C11H14N2O2. The van der Waals surface area contributed by atoms with Crippen LogP contribution in [0.2, 0.25) is 0 Å². The number of carbonyl (C=O) groups excluding carboxylic acids is 1. The maximum Gasteiger partial charge on any atom is 0.224 e. The molecule has 1 heterocycles. The second-order valence-corrected chi connectivity index (χ2v) is 3.55. The highest BCUT2D eigenvalue weighted by atomic mass is 16.5. The fourth-order valence-corrected chi connectivity index (χ4v) is 1.44. The maximum absolute atomic E-state index is 11.0. The Morgan fingerprint density at radius 1 is 1.33 bits per heavy atom. The van der Waals surface area contributed by atoms with E-state index in [1.54, 1.807) is 17.0 Å². The van der Waals surface area contributed by atoms with E-state index in [4.69, 9.17) is 10.5 Å². The molecule has 1 amide bonds. The molecule has 0 unspecified atom stereocenters. The molecule has 1 aromatic carbocycles. The molecule has 4 nitrogen and oxygen atoms in total. The van der Waals surface area contributed by atoms with Gasteiger partial charge in [0, 0.05) is 18.7 Å². The van der Waals surface area contributed by atoms with Gasteiger partial charge in [-0.2, -0.15) is 0 Å². The smallest absolute Gasteiger partial charge is 0.224 e. The molecule has 1 aliphatic heterocycles. The average Bonchev–Trinajstić information content (AvgIpc) is 2.25. The molecule has 1 saturated heterocycles. The summed E-state index contributed by atoms with van der Waals surface area (Å²) in [6.07, 6.45) is 0.682. The van der Waals surface area contributed by atoms with Crippen molar-refractivity contribution < 1.29 is 9.53 Å². The number of likely N-dealkylation sites (tertiary alicyclic amines) is 1. The van der Waals surface area contributed by atoms with Gasteiger partial charge in [0.25, 0.3) is 0 Å². The number of carbonyl (C=O) groups is 1. The van der Waals surface area contributed by atoms with Crippen LogP contribution in [-0.2, 0) is 4.79 Å². The van der Waals surface area contributed by atoms with E-state index < -0.39 is 0 Å². The van der Waals surface area contributed by atoms with E-state index in [1.165, 1.54) is 0 Å². The summed E-state index contributed by atoms with van der Waals surface area (Å²) in [5.41, 5.74) is 6.27. The van der Waals surface area contributed by atoms with Gasteiger partial charge < -0.3 is 15.4 Å². The minimum atomic E-state index is 0.218. The van der Waals surface area contributed by atoms with Crippen molar-refractivity contribution in [2.45, 2.75) is 6.42 Å². The van der Waals surface area contributed by atoms with Gasteiger partial charge >= 0.3 is 0 Å². The number of nitrogen functional groups attached to an aromatic ring is 1. The van der Waals surface area contributed by atoms with Gasteiger partial charge in [-0.25, -0.2) is 0 Å². The molecule has 4 heteroatoms. The third-order valence-corrected chi connectivity index (χ3v) is 2.46. The van der Waals surface area contributed by atoms with Crippen molar-refractivity contribution in [3.8, 4) is 5.75 Å². The predicted molar refractivity (Wildman–Crippen MR) is 57.5 cm³/mol. The lowest BCUT2D eigenvalue weighted by Gasteiger charge is -2.30. The molecule has 2 rings (SSSR count). The first kappa shape index (κ1) is 9.83. The van der Waals surface area contributed by atoms with Gasteiger partial charge in [0.2, 0.25) is 5.91 Å². The van der Waals surface area contributed by atoms with Crippen molar-refractivity contribution >= 4 is 11.6 Å². The quantitative estimate of drug-likeness (QED) is 0.587. The molecule has 0 radical (unpaired) electrons. The number of benzene rings is 1. The van der Waals surface area contributed by atoms with Crippen molar-refractivity contribution in [2.75, 3.05) is 25.4 Å². The van der Waals surface area contributed by atoms with Crippen molar-refractivity contribution in [3.05, 3.63) is 24.3 Å². The highest BCUT2D eigenvalue weighted by Crippen LogP contribution is 2.13. The zero-order valence-electron chi connectivity index (χ0n) is 8.48. The number of anilines is 1. The first-order valence-corrected chi connectivity index (χ1v) is 5.02. The Kier molecular flexibility index (Phi) is 2.76. The van der Waals surface area contributed by atoms with Crippen LogP contribution >= 0.6 is 0 Å². The number of nitrogens with two attached hydrogens (primary N) is 1. The SMILES string of the molecule is Nc1ccc(OCCN2CCC2=O)cc1. The molecule has 80 valence electrons. The Hall–Kier alpha value is -1.71. The molecule has 15 heavy (non-hydrogen) atoms. The van der Waals surface area contributed by atoms with Crippen LogP contribution in [0.4, 0.5) is 5.69 Å². The zero-order valence-corrected chi connectivity index (χ0v) is 8.48. The summed E-state index contributed by atoms with van der Waals surface area (Å²) in [6, 6.07) is 7.24. The normalized spacial score (nSPS) is 14.9. The first-order valence-electron chi connectivity index (χ1n) is 5.02. The van der Waals surface area contributed by atoms with Gasteiger partial charge in [-0.05, 0) is 24.3 Å². The van der Waals surface area contributed by atoms with Gasteiger partial charge in [0.05, 0.1) is 6.54 Å². The molecular weight excluding hydrogens is 192 g/mol. The highest BCUT2D eigenvalue weighted by molar-refractivity contribution is 5.81. The van der Waals surface area contributed by atoms with Gasteiger partial charge in [-0.3, -0.25) is 4.79 Å². The minimum Gasteiger partial charge on any atom is -0.492 e. The van der Waals surface area contributed by atoms with Crippen molar-refractivity contribution in [1.82, 2.24) is 4.90 Å². The second kappa shape index (κ2) is 4.21. The number of hydrogen-bond acceptors (Lipinski definition) is 3. The van der Waals surface area contributed by atoms with Crippen LogP contribution < -0.4 is 10.5 Å². The summed E-state index contributed by atoms with van der Waals surface area (Å²) in [5, 5.41) is 0. The summed E-state index contributed by atoms with van der Waals surface area (Å²) in [4.78, 5) is 12.8. The van der Waals surface area contributed by atoms with E-state index in [-0.39, 0.29) is 5.91 Å². The summed E-state index contributed by atoms with van der Waals surface area (Å²) in [6.45, 7) is 2.07. The van der Waals surface area contributed by atoms with Crippen LogP contribution in [0, 0.1) is 0 Å². The van der Waals surface area contributed by atoms with E-state index in [0.29, 0.717) is 19.6 Å². The first-order chi connectivity index (χ1) is 7.25. The number of amides is 1. The number of rotatable bonds is 4. The molecule has 0 spiro atoms. The van der Waals surface area contributed by atoms with Crippen LogP contribution in [0.3, 0.4) is 0 Å². The van der Waals surface area contributed by atoms with Crippen molar-refractivity contribution in [3.63, 3.8) is 0 Å². The standard InChI is InChI=1S/C11H14N2O2/c12-9-1-3-10(4-2-9)15-8-7-13-6-5-11(13)14/h1-4H,5-8,12H2. The molecule has 0 saturated carbocycles. The third kappa shape index (κ3) is 2.40. The zero-order chi connectivity index (χ0) is 10.7. The number of ether oxygens (including phenoxy) is 1. The molecule has 0 bridgehead atoms. The van der Waals surface area contributed by atoms with E-state index in [0.717, 1.165) is 18.0 Å². The van der Waals surface area contributed by atoms with Crippen LogP contribution in [0.25, 0.3) is 0 Å². The predicted octanol–water partition coefficient (Wildman–Crippen LogP) is 0.880. The largest absolute Gasteiger partial charge is 0.492 e. The van der Waals surface area contributed by atoms with Crippen molar-refractivity contribution in [1.29, 1.82) is 0 Å². The third-order valence-electron chi connectivity index (χ3n) is 2.46. The fourth-order valence-electron chi connectivity index (χ4n) is 1.44. The maximum atomic E-state index is 11.0. The second-order valence-electron chi connectivity index (χ2n) is 3.55. The summed E-state index contributed by atoms with van der Waals surface area (Å²) < 4.78 is 5.47. The highest BCUT2D eigenvalue weighted by Gasteiger charge is 2.22. The van der Waals surface area contributed by atoms with Crippen molar-refractivity contribution in [2.24, 2.45) is 0 Å². The van der Waals surface area contributed by atoms with E-state index in [2.05, 4.69) is 0 Å². The molecule has 1 aliphatic rings. The van der Waals surface area contributed by atoms with Crippen LogP contribution in [-0.4, -0.2) is 30.5 Å². The number of nitrogens with zero attached hydrogens (tertiary/aromatic N) is 1. The van der Waals surface area contributed by atoms with E-state index >= 15 is 0 Å². The Morgan fingerprint density at radius 2 is 2.07 bits per heavy atom. The topological polar surface area (TPSA) is 55.6 Å².